The summed E-state index contributed by atoms with van der Waals surface area (Å²) in [5.74, 6) is -0.142. The van der Waals surface area contributed by atoms with Crippen molar-refractivity contribution >= 4 is 28.8 Å². The molecular weight excluding hydrogens is 465 g/mol. The maximum atomic E-state index is 13.8. The summed E-state index contributed by atoms with van der Waals surface area (Å²) in [6, 6.07) is 17.9. The number of halogens is 3. The number of aromatic nitrogens is 2. The second kappa shape index (κ2) is 10.6. The van der Waals surface area contributed by atoms with Crippen LogP contribution in [0.15, 0.2) is 71.9 Å². The highest BCUT2D eigenvalue weighted by molar-refractivity contribution is 7.98. The molecule has 0 N–H and O–H groups in total. The van der Waals surface area contributed by atoms with Crippen LogP contribution in [-0.2, 0) is 17.0 Å². The fourth-order valence-electron chi connectivity index (χ4n) is 3.44. The Morgan fingerprint density at radius 2 is 1.85 bits per heavy atom. The number of esters is 1. The van der Waals surface area contributed by atoms with E-state index in [1.165, 1.54) is 36.0 Å². The van der Waals surface area contributed by atoms with Crippen LogP contribution in [0.1, 0.15) is 28.4 Å². The molecule has 176 valence electrons. The molecule has 0 aliphatic rings. The first-order chi connectivity index (χ1) is 16.4. The van der Waals surface area contributed by atoms with E-state index >= 15 is 0 Å². The molecule has 1 heterocycles. The summed E-state index contributed by atoms with van der Waals surface area (Å²) in [7, 11) is 0. The van der Waals surface area contributed by atoms with Crippen molar-refractivity contribution in [3.63, 3.8) is 0 Å². The van der Waals surface area contributed by atoms with Gasteiger partial charge in [-0.2, -0.15) is 8.78 Å². The Balaban J connectivity index is 1.63. The standard InChI is InChI=1S/C25H21F3N2O3S/c1-2-32-23(31)18-8-11-22-21(13-18)29-25(30(22)14-17-4-3-5-19(26)12-17)34-15-16-6-9-20(10-7-16)33-24(27)28/h3-13,24H,2,14-15H2,1H3. The molecule has 0 spiro atoms. The summed E-state index contributed by atoms with van der Waals surface area (Å²) in [6.07, 6.45) is 0. The molecule has 0 aliphatic heterocycles. The largest absolute Gasteiger partial charge is 0.462 e. The van der Waals surface area contributed by atoms with Gasteiger partial charge in [0.15, 0.2) is 5.16 Å². The Kier molecular flexibility index (Phi) is 7.42. The van der Waals surface area contributed by atoms with E-state index in [2.05, 4.69) is 4.74 Å². The fourth-order valence-corrected chi connectivity index (χ4v) is 4.41. The van der Waals surface area contributed by atoms with Gasteiger partial charge in [-0.15, -0.1) is 0 Å². The molecule has 9 heteroatoms. The number of carbonyl (C=O) groups is 1. The zero-order chi connectivity index (χ0) is 24.1. The van der Waals surface area contributed by atoms with Gasteiger partial charge in [-0.3, -0.25) is 0 Å². The Bertz CT molecular complexity index is 1290. The molecule has 4 rings (SSSR count). The van der Waals surface area contributed by atoms with Gasteiger partial charge in [0.25, 0.3) is 0 Å². The van der Waals surface area contributed by atoms with Gasteiger partial charge in [0, 0.05) is 5.75 Å². The molecule has 3 aromatic carbocycles. The number of benzene rings is 3. The van der Waals surface area contributed by atoms with E-state index in [-0.39, 0.29) is 18.2 Å². The summed E-state index contributed by atoms with van der Waals surface area (Å²) in [5, 5.41) is 0.674. The molecular formula is C25H21F3N2O3S. The van der Waals surface area contributed by atoms with Gasteiger partial charge in [0.2, 0.25) is 0 Å². The molecule has 0 amide bonds. The third-order valence-corrected chi connectivity index (χ3v) is 6.02. The van der Waals surface area contributed by atoms with E-state index in [1.54, 1.807) is 43.3 Å². The van der Waals surface area contributed by atoms with Gasteiger partial charge in [0.1, 0.15) is 11.6 Å². The SMILES string of the molecule is CCOC(=O)c1ccc2c(c1)nc(SCc1ccc(OC(F)F)cc1)n2Cc1cccc(F)c1. The van der Waals surface area contributed by atoms with Crippen molar-refractivity contribution in [1.82, 2.24) is 9.55 Å². The van der Waals surface area contributed by atoms with Crippen LogP contribution in [0.3, 0.4) is 0 Å². The first kappa shape index (κ1) is 23.7. The van der Waals surface area contributed by atoms with Gasteiger partial charge in [-0.1, -0.05) is 36.0 Å². The van der Waals surface area contributed by atoms with E-state index in [4.69, 9.17) is 9.72 Å². The van der Waals surface area contributed by atoms with Crippen LogP contribution >= 0.6 is 11.8 Å². The van der Waals surface area contributed by atoms with Crippen molar-refractivity contribution in [3.8, 4) is 5.75 Å². The lowest BCUT2D eigenvalue weighted by atomic mass is 10.2. The lowest BCUT2D eigenvalue weighted by molar-refractivity contribution is -0.0498. The second-order valence-corrected chi connectivity index (χ2v) is 8.29. The highest BCUT2D eigenvalue weighted by Crippen LogP contribution is 2.29. The molecule has 0 radical (unpaired) electrons. The van der Waals surface area contributed by atoms with Crippen molar-refractivity contribution in [2.75, 3.05) is 6.61 Å². The van der Waals surface area contributed by atoms with Crippen molar-refractivity contribution < 1.29 is 27.4 Å². The number of thioether (sulfide) groups is 1. The van der Waals surface area contributed by atoms with Crippen molar-refractivity contribution in [1.29, 1.82) is 0 Å². The van der Waals surface area contributed by atoms with Crippen molar-refractivity contribution in [3.05, 3.63) is 89.2 Å². The summed E-state index contributed by atoms with van der Waals surface area (Å²) in [5.41, 5.74) is 3.47. The molecule has 1 aromatic heterocycles. The van der Waals surface area contributed by atoms with Gasteiger partial charge in [-0.25, -0.2) is 14.2 Å². The van der Waals surface area contributed by atoms with Crippen LogP contribution < -0.4 is 4.74 Å². The Morgan fingerprint density at radius 1 is 1.06 bits per heavy atom. The molecule has 0 fully saturated rings. The highest BCUT2D eigenvalue weighted by atomic mass is 32.2. The summed E-state index contributed by atoms with van der Waals surface area (Å²) in [6.45, 7) is -0.475. The number of alkyl halides is 2. The highest BCUT2D eigenvalue weighted by Gasteiger charge is 2.16. The lowest BCUT2D eigenvalue weighted by Gasteiger charge is -2.10. The Labute approximate surface area is 198 Å². The maximum absolute atomic E-state index is 13.8. The molecule has 4 aromatic rings. The topological polar surface area (TPSA) is 53.4 Å². The minimum Gasteiger partial charge on any atom is -0.462 e. The number of nitrogens with zero attached hydrogens (tertiary/aromatic N) is 2. The summed E-state index contributed by atoms with van der Waals surface area (Å²) >= 11 is 1.45. The molecule has 0 saturated heterocycles. The van der Waals surface area contributed by atoms with Crippen LogP contribution in [0, 0.1) is 5.82 Å². The molecule has 5 nitrogen and oxygen atoms in total. The van der Waals surface area contributed by atoms with Gasteiger partial charge < -0.3 is 14.0 Å². The lowest BCUT2D eigenvalue weighted by Crippen LogP contribution is -2.05. The molecule has 0 aliphatic carbocycles. The van der Waals surface area contributed by atoms with Crippen LogP contribution in [0.5, 0.6) is 5.75 Å². The van der Waals surface area contributed by atoms with Crippen LogP contribution in [-0.4, -0.2) is 28.7 Å². The van der Waals surface area contributed by atoms with Gasteiger partial charge in [0.05, 0.1) is 29.7 Å². The van der Waals surface area contributed by atoms with E-state index < -0.39 is 12.6 Å². The third-order valence-electron chi connectivity index (χ3n) is 4.97. The van der Waals surface area contributed by atoms with Crippen molar-refractivity contribution in [2.45, 2.75) is 31.0 Å². The average Bonchev–Trinajstić information content (AvgIpc) is 3.15. The minimum absolute atomic E-state index is 0.0913. The first-order valence-electron chi connectivity index (χ1n) is 10.5. The monoisotopic (exact) mass is 486 g/mol. The van der Waals surface area contributed by atoms with Crippen LogP contribution in [0.2, 0.25) is 0 Å². The third kappa shape index (κ3) is 5.72. The molecule has 0 unspecified atom stereocenters. The second-order valence-electron chi connectivity index (χ2n) is 7.35. The average molecular weight is 487 g/mol. The number of fused-ring (bicyclic) bond motifs is 1. The van der Waals surface area contributed by atoms with Crippen LogP contribution in [0.4, 0.5) is 13.2 Å². The predicted molar refractivity (Wildman–Crippen MR) is 124 cm³/mol. The van der Waals surface area contributed by atoms with E-state index in [1.807, 2.05) is 10.6 Å². The number of hydrogen-bond donors (Lipinski definition) is 0. The zero-order valence-electron chi connectivity index (χ0n) is 18.2. The van der Waals surface area contributed by atoms with Crippen molar-refractivity contribution in [2.24, 2.45) is 0 Å². The Hall–Kier alpha value is -3.46. The van der Waals surface area contributed by atoms with Crippen LogP contribution in [0.25, 0.3) is 11.0 Å². The molecule has 0 bridgehead atoms. The summed E-state index contributed by atoms with van der Waals surface area (Å²) < 4.78 is 49.9. The zero-order valence-corrected chi connectivity index (χ0v) is 19.0. The van der Waals surface area contributed by atoms with Gasteiger partial charge >= 0.3 is 12.6 Å². The van der Waals surface area contributed by atoms with Gasteiger partial charge in [-0.05, 0) is 60.5 Å². The van der Waals surface area contributed by atoms with E-state index in [0.29, 0.717) is 28.5 Å². The summed E-state index contributed by atoms with van der Waals surface area (Å²) in [4.78, 5) is 16.9. The normalized spacial score (nSPS) is 11.2. The molecule has 0 saturated carbocycles. The number of imidazole rings is 1. The van der Waals surface area contributed by atoms with E-state index in [0.717, 1.165) is 16.6 Å². The molecule has 0 atom stereocenters. The number of hydrogen-bond acceptors (Lipinski definition) is 5. The predicted octanol–water partition coefficient (Wildman–Crippen LogP) is 6.29. The first-order valence-corrected chi connectivity index (χ1v) is 11.5. The van der Waals surface area contributed by atoms with E-state index in [9.17, 15) is 18.0 Å². The minimum atomic E-state index is -2.87. The smallest absolute Gasteiger partial charge is 0.387 e. The quantitative estimate of drug-likeness (QED) is 0.205. The number of ether oxygens (including phenoxy) is 2. The fraction of sp³-hybridized carbons (Fsp3) is 0.200. The molecule has 34 heavy (non-hydrogen) atoms. The maximum Gasteiger partial charge on any atom is 0.387 e. The number of rotatable bonds is 9. The number of carbonyl (C=O) groups excluding carboxylic acids is 1. The Morgan fingerprint density at radius 3 is 2.56 bits per heavy atom.